The van der Waals surface area contributed by atoms with Crippen molar-refractivity contribution in [1.29, 1.82) is 0 Å². The number of nitrogens with zero attached hydrogens (tertiary/aromatic N) is 2. The number of aromatic nitrogens is 2. The van der Waals surface area contributed by atoms with Crippen LogP contribution in [-0.4, -0.2) is 9.78 Å². The van der Waals surface area contributed by atoms with Crippen LogP contribution in [0.4, 0.5) is 0 Å². The van der Waals surface area contributed by atoms with E-state index in [1.165, 1.54) is 30.6 Å². The average molecular weight is 184 g/mol. The van der Waals surface area contributed by atoms with E-state index in [2.05, 4.69) is 5.10 Å². The first kappa shape index (κ1) is 7.98. The van der Waals surface area contributed by atoms with E-state index in [1.54, 1.807) is 4.68 Å². The third kappa shape index (κ3) is 1.43. The minimum Gasteiger partial charge on any atom is -0.255 e. The van der Waals surface area contributed by atoms with E-state index < -0.39 is 0 Å². The van der Waals surface area contributed by atoms with Gasteiger partial charge in [0.1, 0.15) is 5.01 Å². The molecule has 0 unspecified atom stereocenters. The molecule has 0 spiro atoms. The molecule has 4 heteroatoms. The molecule has 1 aromatic rings. The van der Waals surface area contributed by atoms with Gasteiger partial charge < -0.3 is 0 Å². The Balaban J connectivity index is 2.11. The highest BCUT2D eigenvalue weighted by atomic mass is 32.1. The lowest BCUT2D eigenvalue weighted by Gasteiger charge is -2.24. The fourth-order valence-electron chi connectivity index (χ4n) is 1.45. The first-order valence-electron chi connectivity index (χ1n) is 4.30. The van der Waals surface area contributed by atoms with Crippen LogP contribution in [-0.2, 0) is 6.54 Å². The van der Waals surface area contributed by atoms with Gasteiger partial charge in [0.15, 0.2) is 0 Å². The topological polar surface area (TPSA) is 34.9 Å². The molecule has 1 aliphatic rings. The van der Waals surface area contributed by atoms with Crippen LogP contribution in [0.15, 0.2) is 4.79 Å². The molecule has 0 saturated heterocycles. The minimum absolute atomic E-state index is 0.0967. The summed E-state index contributed by atoms with van der Waals surface area (Å²) in [4.78, 5) is 11.3. The zero-order valence-corrected chi connectivity index (χ0v) is 7.93. The van der Waals surface area contributed by atoms with Gasteiger partial charge in [-0.1, -0.05) is 17.8 Å². The van der Waals surface area contributed by atoms with Crippen LogP contribution in [0.5, 0.6) is 0 Å². The van der Waals surface area contributed by atoms with Crippen molar-refractivity contribution in [3.63, 3.8) is 0 Å². The van der Waals surface area contributed by atoms with Gasteiger partial charge in [0.2, 0.25) is 0 Å². The summed E-state index contributed by atoms with van der Waals surface area (Å²) in [5, 5.41) is 5.03. The summed E-state index contributed by atoms with van der Waals surface area (Å²) in [6, 6.07) is 0. The molecule has 3 nitrogen and oxygen atoms in total. The predicted octanol–water partition coefficient (Wildman–Crippen LogP) is 1.41. The molecule has 0 aliphatic heterocycles. The maximum Gasteiger partial charge on any atom is 0.325 e. The predicted molar refractivity (Wildman–Crippen MR) is 48.5 cm³/mol. The van der Waals surface area contributed by atoms with Crippen LogP contribution >= 0.6 is 11.3 Å². The number of rotatable bonds is 2. The van der Waals surface area contributed by atoms with Crippen LogP contribution in [0.2, 0.25) is 0 Å². The Kier molecular flexibility index (Phi) is 2.00. The lowest BCUT2D eigenvalue weighted by molar-refractivity contribution is 0.264. The highest BCUT2D eigenvalue weighted by Crippen LogP contribution is 2.27. The molecule has 1 saturated carbocycles. The van der Waals surface area contributed by atoms with E-state index in [4.69, 9.17) is 0 Å². The molecule has 0 radical (unpaired) electrons. The second kappa shape index (κ2) is 3.01. The molecule has 66 valence electrons. The van der Waals surface area contributed by atoms with Gasteiger partial charge in [-0.2, -0.15) is 5.10 Å². The van der Waals surface area contributed by atoms with Crippen molar-refractivity contribution >= 4 is 11.3 Å². The monoisotopic (exact) mass is 184 g/mol. The zero-order chi connectivity index (χ0) is 8.55. The zero-order valence-electron chi connectivity index (χ0n) is 7.12. The van der Waals surface area contributed by atoms with Crippen LogP contribution in [0.3, 0.4) is 0 Å². The quantitative estimate of drug-likeness (QED) is 0.696. The van der Waals surface area contributed by atoms with Gasteiger partial charge in [0.05, 0.1) is 0 Å². The van der Waals surface area contributed by atoms with Crippen molar-refractivity contribution < 1.29 is 0 Å². The average Bonchev–Trinajstić information content (AvgIpc) is 2.21. The van der Waals surface area contributed by atoms with Crippen molar-refractivity contribution in [3.8, 4) is 0 Å². The Morgan fingerprint density at radius 2 is 2.42 bits per heavy atom. The first-order valence-corrected chi connectivity index (χ1v) is 5.12. The van der Waals surface area contributed by atoms with Gasteiger partial charge in [0, 0.05) is 6.54 Å². The largest absolute Gasteiger partial charge is 0.325 e. The minimum atomic E-state index is 0.0967. The van der Waals surface area contributed by atoms with Gasteiger partial charge in [-0.3, -0.25) is 4.79 Å². The fourth-order valence-corrected chi connectivity index (χ4v) is 2.06. The van der Waals surface area contributed by atoms with Crippen molar-refractivity contribution in [2.75, 3.05) is 0 Å². The Hall–Kier alpha value is -0.640. The van der Waals surface area contributed by atoms with Crippen molar-refractivity contribution in [1.82, 2.24) is 9.78 Å². The van der Waals surface area contributed by atoms with Crippen LogP contribution in [0, 0.1) is 12.8 Å². The molecule has 1 aromatic heterocycles. The van der Waals surface area contributed by atoms with Crippen LogP contribution in [0.25, 0.3) is 0 Å². The highest BCUT2D eigenvalue weighted by Gasteiger charge is 2.19. The van der Waals surface area contributed by atoms with Gasteiger partial charge >= 0.3 is 4.87 Å². The second-order valence-corrected chi connectivity index (χ2v) is 4.51. The van der Waals surface area contributed by atoms with E-state index in [1.807, 2.05) is 6.92 Å². The molecule has 1 aliphatic carbocycles. The van der Waals surface area contributed by atoms with Gasteiger partial charge in [-0.25, -0.2) is 4.68 Å². The number of hydrogen-bond donors (Lipinski definition) is 0. The molecule has 1 heterocycles. The van der Waals surface area contributed by atoms with Crippen molar-refractivity contribution in [2.45, 2.75) is 32.7 Å². The van der Waals surface area contributed by atoms with Gasteiger partial charge in [-0.05, 0) is 25.7 Å². The Morgan fingerprint density at radius 1 is 1.67 bits per heavy atom. The van der Waals surface area contributed by atoms with E-state index in [9.17, 15) is 4.79 Å². The maximum atomic E-state index is 11.2. The molecule has 0 bridgehead atoms. The standard InChI is InChI=1S/C8H12N2OS/c1-6-9-10(8(11)12-6)5-7-3-2-4-7/h7H,2-5H2,1H3. The normalized spacial score (nSPS) is 17.8. The summed E-state index contributed by atoms with van der Waals surface area (Å²) in [6.45, 7) is 2.71. The summed E-state index contributed by atoms with van der Waals surface area (Å²) in [5.74, 6) is 0.712. The molecule has 12 heavy (non-hydrogen) atoms. The van der Waals surface area contributed by atoms with Crippen molar-refractivity contribution in [2.24, 2.45) is 5.92 Å². The Morgan fingerprint density at radius 3 is 2.83 bits per heavy atom. The molecule has 0 aromatic carbocycles. The third-order valence-corrected chi connectivity index (χ3v) is 3.13. The molecule has 0 atom stereocenters. The SMILES string of the molecule is Cc1nn(CC2CCC2)c(=O)s1. The maximum absolute atomic E-state index is 11.2. The van der Waals surface area contributed by atoms with Crippen molar-refractivity contribution in [3.05, 3.63) is 14.7 Å². The molecule has 1 fully saturated rings. The molecule has 0 N–H and O–H groups in total. The van der Waals surface area contributed by atoms with E-state index in [0.29, 0.717) is 5.92 Å². The Labute approximate surface area is 75.0 Å². The fraction of sp³-hybridized carbons (Fsp3) is 0.750. The Bertz CT molecular complexity index is 324. The molecule has 0 amide bonds. The lowest BCUT2D eigenvalue weighted by Crippen LogP contribution is -2.24. The third-order valence-electron chi connectivity index (χ3n) is 2.36. The van der Waals surface area contributed by atoms with E-state index in [-0.39, 0.29) is 4.87 Å². The van der Waals surface area contributed by atoms with Crippen LogP contribution in [0.1, 0.15) is 24.3 Å². The summed E-state index contributed by atoms with van der Waals surface area (Å²) < 4.78 is 1.61. The first-order chi connectivity index (χ1) is 5.75. The van der Waals surface area contributed by atoms with E-state index >= 15 is 0 Å². The molecular weight excluding hydrogens is 172 g/mol. The van der Waals surface area contributed by atoms with Gasteiger partial charge in [0.25, 0.3) is 0 Å². The summed E-state index contributed by atoms with van der Waals surface area (Å²) in [5.41, 5.74) is 0. The number of hydrogen-bond acceptors (Lipinski definition) is 3. The molecular formula is C8H12N2OS. The van der Waals surface area contributed by atoms with Crippen LogP contribution < -0.4 is 4.87 Å². The van der Waals surface area contributed by atoms with E-state index in [0.717, 1.165) is 11.6 Å². The van der Waals surface area contributed by atoms with Gasteiger partial charge in [-0.15, -0.1) is 0 Å². The summed E-state index contributed by atoms with van der Waals surface area (Å²) in [6.07, 6.45) is 3.86. The summed E-state index contributed by atoms with van der Waals surface area (Å²) in [7, 11) is 0. The highest BCUT2D eigenvalue weighted by molar-refractivity contribution is 7.08. The summed E-state index contributed by atoms with van der Waals surface area (Å²) >= 11 is 1.24. The number of aryl methyl sites for hydroxylation is 1. The lowest BCUT2D eigenvalue weighted by atomic mass is 9.86. The second-order valence-electron chi connectivity index (χ2n) is 3.37. The smallest absolute Gasteiger partial charge is 0.255 e. The molecule has 2 rings (SSSR count).